The van der Waals surface area contributed by atoms with Crippen molar-refractivity contribution in [2.24, 2.45) is 0 Å². The summed E-state index contributed by atoms with van der Waals surface area (Å²) in [6, 6.07) is 3.96. The van der Waals surface area contributed by atoms with Crippen molar-refractivity contribution in [3.05, 3.63) is 23.8 Å². The zero-order chi connectivity index (χ0) is 15.1. The average molecular weight is 280 g/mol. The third-order valence-corrected chi connectivity index (χ3v) is 2.79. The Balaban J connectivity index is 2.81. The first-order valence-corrected chi connectivity index (χ1v) is 6.46. The largest absolute Gasteiger partial charge is 0.495 e. The first-order valence-electron chi connectivity index (χ1n) is 6.46. The number of nitrogens with one attached hydrogen (secondary N) is 2. The van der Waals surface area contributed by atoms with Crippen LogP contribution in [0.4, 0.5) is 10.5 Å². The summed E-state index contributed by atoms with van der Waals surface area (Å²) in [5, 5.41) is 14.3. The molecule has 6 nitrogen and oxygen atoms in total. The number of hydrogen-bond donors (Lipinski definition) is 3. The molecule has 110 valence electrons. The molecule has 0 heterocycles. The van der Waals surface area contributed by atoms with E-state index in [1.807, 2.05) is 13.8 Å². The Bertz CT molecular complexity index is 488. The number of aromatic carboxylic acids is 1. The van der Waals surface area contributed by atoms with Crippen LogP contribution in [0.2, 0.25) is 0 Å². The normalized spacial score (nSPS) is 11.6. The molecule has 0 aromatic heterocycles. The van der Waals surface area contributed by atoms with Crippen molar-refractivity contribution >= 4 is 17.7 Å². The summed E-state index contributed by atoms with van der Waals surface area (Å²) in [4.78, 5) is 22.8. The standard InChI is InChI=1S/C14H20N2O4/c1-4-5-9(2)15-14(19)16-11-8-10(13(17)18)6-7-12(11)20-3/h6-9H,4-5H2,1-3H3,(H,17,18)(H2,15,16,19). The highest BCUT2D eigenvalue weighted by molar-refractivity contribution is 5.94. The Labute approximate surface area is 118 Å². The van der Waals surface area contributed by atoms with E-state index in [4.69, 9.17) is 9.84 Å². The van der Waals surface area contributed by atoms with Crippen LogP contribution in [0, 0.1) is 0 Å². The number of carbonyl (C=O) groups excluding carboxylic acids is 1. The quantitative estimate of drug-likeness (QED) is 0.747. The van der Waals surface area contributed by atoms with Crippen molar-refractivity contribution in [2.75, 3.05) is 12.4 Å². The van der Waals surface area contributed by atoms with Crippen LogP contribution in [0.5, 0.6) is 5.75 Å². The predicted molar refractivity (Wildman–Crippen MR) is 76.5 cm³/mol. The lowest BCUT2D eigenvalue weighted by Gasteiger charge is -2.15. The topological polar surface area (TPSA) is 87.7 Å². The van der Waals surface area contributed by atoms with Gasteiger partial charge in [-0.2, -0.15) is 0 Å². The van der Waals surface area contributed by atoms with E-state index >= 15 is 0 Å². The summed E-state index contributed by atoms with van der Waals surface area (Å²) in [6.45, 7) is 3.95. The van der Waals surface area contributed by atoms with E-state index in [-0.39, 0.29) is 17.6 Å². The number of methoxy groups -OCH3 is 1. The molecule has 3 N–H and O–H groups in total. The van der Waals surface area contributed by atoms with Gasteiger partial charge in [-0.25, -0.2) is 9.59 Å². The van der Waals surface area contributed by atoms with E-state index in [2.05, 4.69) is 10.6 Å². The van der Waals surface area contributed by atoms with Crippen LogP contribution in [0.3, 0.4) is 0 Å². The van der Waals surface area contributed by atoms with Crippen LogP contribution in [0.1, 0.15) is 37.0 Å². The van der Waals surface area contributed by atoms with Gasteiger partial charge < -0.3 is 20.5 Å². The van der Waals surface area contributed by atoms with Crippen molar-refractivity contribution in [2.45, 2.75) is 32.7 Å². The Morgan fingerprint density at radius 3 is 2.65 bits per heavy atom. The van der Waals surface area contributed by atoms with Gasteiger partial charge in [0.15, 0.2) is 0 Å². The maximum Gasteiger partial charge on any atom is 0.335 e. The molecule has 1 aromatic carbocycles. The summed E-state index contributed by atoms with van der Waals surface area (Å²) in [7, 11) is 1.46. The Kier molecular flexibility index (Phi) is 5.83. The number of carbonyl (C=O) groups is 2. The predicted octanol–water partition coefficient (Wildman–Crippen LogP) is 2.70. The molecule has 1 aromatic rings. The summed E-state index contributed by atoms with van der Waals surface area (Å²) in [6.07, 6.45) is 1.85. The highest BCUT2D eigenvalue weighted by Gasteiger charge is 2.12. The molecule has 0 spiro atoms. The fraction of sp³-hybridized carbons (Fsp3) is 0.429. The van der Waals surface area contributed by atoms with Crippen LogP contribution >= 0.6 is 0 Å². The van der Waals surface area contributed by atoms with Gasteiger partial charge in [-0.05, 0) is 31.5 Å². The number of ether oxygens (including phenoxy) is 1. The molecule has 0 bridgehead atoms. The molecule has 20 heavy (non-hydrogen) atoms. The summed E-state index contributed by atoms with van der Waals surface area (Å²) >= 11 is 0. The lowest BCUT2D eigenvalue weighted by atomic mass is 10.2. The maximum absolute atomic E-state index is 11.8. The minimum Gasteiger partial charge on any atom is -0.495 e. The molecule has 0 fully saturated rings. The van der Waals surface area contributed by atoms with Crippen LogP contribution in [0.15, 0.2) is 18.2 Å². The number of rotatable bonds is 6. The lowest BCUT2D eigenvalue weighted by molar-refractivity contribution is 0.0697. The van der Waals surface area contributed by atoms with E-state index in [1.54, 1.807) is 0 Å². The molecule has 0 aliphatic heterocycles. The van der Waals surface area contributed by atoms with Crippen LogP contribution in [-0.2, 0) is 0 Å². The highest BCUT2D eigenvalue weighted by Crippen LogP contribution is 2.25. The van der Waals surface area contributed by atoms with E-state index in [0.717, 1.165) is 12.8 Å². The van der Waals surface area contributed by atoms with Gasteiger partial charge in [0.2, 0.25) is 0 Å². The van der Waals surface area contributed by atoms with Crippen LogP contribution in [0.25, 0.3) is 0 Å². The number of hydrogen-bond acceptors (Lipinski definition) is 3. The van der Waals surface area contributed by atoms with Gasteiger partial charge >= 0.3 is 12.0 Å². The Hall–Kier alpha value is -2.24. The second kappa shape index (κ2) is 7.37. The third-order valence-electron chi connectivity index (χ3n) is 2.79. The van der Waals surface area contributed by atoms with E-state index in [0.29, 0.717) is 11.4 Å². The van der Waals surface area contributed by atoms with Crippen molar-refractivity contribution in [1.29, 1.82) is 0 Å². The van der Waals surface area contributed by atoms with Crippen LogP contribution < -0.4 is 15.4 Å². The first-order chi connectivity index (χ1) is 9.47. The minimum atomic E-state index is -1.06. The van der Waals surface area contributed by atoms with E-state index in [9.17, 15) is 9.59 Å². The summed E-state index contributed by atoms with van der Waals surface area (Å²) in [5.41, 5.74) is 0.413. The van der Waals surface area contributed by atoms with Gasteiger partial charge in [-0.1, -0.05) is 13.3 Å². The smallest absolute Gasteiger partial charge is 0.335 e. The van der Waals surface area contributed by atoms with Gasteiger partial charge in [0.25, 0.3) is 0 Å². The summed E-state index contributed by atoms with van der Waals surface area (Å²) < 4.78 is 5.10. The lowest BCUT2D eigenvalue weighted by Crippen LogP contribution is -2.36. The zero-order valence-electron chi connectivity index (χ0n) is 11.9. The monoisotopic (exact) mass is 280 g/mol. The van der Waals surface area contributed by atoms with Crippen molar-refractivity contribution < 1.29 is 19.4 Å². The Morgan fingerprint density at radius 2 is 2.10 bits per heavy atom. The molecule has 0 saturated heterocycles. The molecule has 0 radical (unpaired) electrons. The second-order valence-corrected chi connectivity index (χ2v) is 4.51. The molecule has 2 amide bonds. The van der Waals surface area contributed by atoms with Gasteiger partial charge in [0, 0.05) is 6.04 Å². The average Bonchev–Trinajstić information content (AvgIpc) is 2.38. The number of benzene rings is 1. The van der Waals surface area contributed by atoms with Gasteiger partial charge in [0.05, 0.1) is 18.4 Å². The summed E-state index contributed by atoms with van der Waals surface area (Å²) in [5.74, 6) is -0.649. The van der Waals surface area contributed by atoms with Crippen molar-refractivity contribution in [1.82, 2.24) is 5.32 Å². The third kappa shape index (κ3) is 4.46. The molecule has 6 heteroatoms. The fourth-order valence-corrected chi connectivity index (χ4v) is 1.83. The molecular formula is C14H20N2O4. The van der Waals surface area contributed by atoms with E-state index < -0.39 is 5.97 Å². The number of urea groups is 1. The van der Waals surface area contributed by atoms with Gasteiger partial charge in [-0.15, -0.1) is 0 Å². The molecule has 1 atom stereocenters. The van der Waals surface area contributed by atoms with E-state index in [1.165, 1.54) is 25.3 Å². The number of carboxylic acid groups (broad SMARTS) is 1. The van der Waals surface area contributed by atoms with Crippen molar-refractivity contribution in [3.8, 4) is 5.75 Å². The molecule has 0 saturated carbocycles. The number of anilines is 1. The first kappa shape index (κ1) is 15.8. The molecule has 1 unspecified atom stereocenters. The minimum absolute atomic E-state index is 0.0497. The zero-order valence-corrected chi connectivity index (χ0v) is 11.9. The second-order valence-electron chi connectivity index (χ2n) is 4.51. The van der Waals surface area contributed by atoms with Gasteiger partial charge in [0.1, 0.15) is 5.75 Å². The molecular weight excluding hydrogens is 260 g/mol. The SMILES string of the molecule is CCCC(C)NC(=O)Nc1cc(C(=O)O)ccc1OC. The van der Waals surface area contributed by atoms with Crippen LogP contribution in [-0.4, -0.2) is 30.3 Å². The highest BCUT2D eigenvalue weighted by atomic mass is 16.5. The van der Waals surface area contributed by atoms with Gasteiger partial charge in [-0.3, -0.25) is 0 Å². The fourth-order valence-electron chi connectivity index (χ4n) is 1.83. The number of carboxylic acids is 1. The van der Waals surface area contributed by atoms with Crippen molar-refractivity contribution in [3.63, 3.8) is 0 Å². The molecule has 0 aliphatic rings. The number of amides is 2. The maximum atomic E-state index is 11.8. The molecule has 1 rings (SSSR count). The molecule has 0 aliphatic carbocycles. The Morgan fingerprint density at radius 1 is 1.40 bits per heavy atom.